The third-order valence-electron chi connectivity index (χ3n) is 6.54. The van der Waals surface area contributed by atoms with E-state index in [1.807, 2.05) is 25.8 Å². The quantitative estimate of drug-likeness (QED) is 0.496. The van der Waals surface area contributed by atoms with Crippen molar-refractivity contribution in [2.75, 3.05) is 30.4 Å². The second-order valence-corrected chi connectivity index (χ2v) is 9.07. The topological polar surface area (TPSA) is 118 Å². The Labute approximate surface area is 214 Å². The number of piperazine rings is 1. The minimum atomic E-state index is -4.96. The van der Waals surface area contributed by atoms with Crippen LogP contribution in [0.1, 0.15) is 35.6 Å². The van der Waals surface area contributed by atoms with Crippen molar-refractivity contribution in [2.24, 2.45) is 0 Å². The number of hydrogen-bond donors (Lipinski definition) is 2. The molecule has 0 spiro atoms. The smallest absolute Gasteiger partial charge is 0.367 e. The SMILES string of the molecule is C[C@@H]1CN(c2cc(F)c(-c3ccnc(C#N)n3)cc2NC(=O)c2c[nH]c(=O)cc2C(F)(F)F)C[C@H](C)N1C. The van der Waals surface area contributed by atoms with Crippen molar-refractivity contribution >= 4 is 17.3 Å². The van der Waals surface area contributed by atoms with E-state index in [1.165, 1.54) is 24.4 Å². The van der Waals surface area contributed by atoms with Gasteiger partial charge in [0.05, 0.1) is 28.2 Å². The van der Waals surface area contributed by atoms with Gasteiger partial charge in [0.2, 0.25) is 11.4 Å². The lowest BCUT2D eigenvalue weighted by Crippen LogP contribution is -2.55. The minimum absolute atomic E-state index is 0.0341. The summed E-state index contributed by atoms with van der Waals surface area (Å²) in [6, 6.07) is 6.00. The van der Waals surface area contributed by atoms with Crippen LogP contribution in [-0.4, -0.2) is 58.0 Å². The van der Waals surface area contributed by atoms with Crippen LogP contribution >= 0.6 is 0 Å². The molecule has 1 aliphatic rings. The monoisotopic (exact) mass is 529 g/mol. The van der Waals surface area contributed by atoms with Crippen LogP contribution in [0.15, 0.2) is 41.5 Å². The maximum Gasteiger partial charge on any atom is 0.417 e. The van der Waals surface area contributed by atoms with Crippen LogP contribution in [-0.2, 0) is 6.18 Å². The Bertz CT molecular complexity index is 1470. The molecule has 9 nitrogen and oxygen atoms in total. The van der Waals surface area contributed by atoms with Crippen molar-refractivity contribution in [3.05, 3.63) is 69.8 Å². The van der Waals surface area contributed by atoms with Gasteiger partial charge in [-0.25, -0.2) is 14.4 Å². The van der Waals surface area contributed by atoms with Crippen LogP contribution in [0, 0.1) is 17.1 Å². The Balaban J connectivity index is 1.83. The van der Waals surface area contributed by atoms with Gasteiger partial charge in [0.25, 0.3) is 5.91 Å². The minimum Gasteiger partial charge on any atom is -0.367 e. The van der Waals surface area contributed by atoms with Gasteiger partial charge in [-0.1, -0.05) is 0 Å². The normalized spacial score (nSPS) is 18.2. The van der Waals surface area contributed by atoms with Gasteiger partial charge in [0.15, 0.2) is 0 Å². The number of nitrogens with zero attached hydrogens (tertiary/aromatic N) is 5. The Kier molecular flexibility index (Phi) is 7.19. The first kappa shape index (κ1) is 26.7. The number of halogens is 4. The van der Waals surface area contributed by atoms with E-state index in [2.05, 4.69) is 25.2 Å². The van der Waals surface area contributed by atoms with Crippen LogP contribution in [0.25, 0.3) is 11.3 Å². The molecule has 1 aromatic carbocycles. The summed E-state index contributed by atoms with van der Waals surface area (Å²) in [5, 5.41) is 11.6. The zero-order valence-corrected chi connectivity index (χ0v) is 20.6. The highest BCUT2D eigenvalue weighted by Gasteiger charge is 2.36. The van der Waals surface area contributed by atoms with E-state index in [4.69, 9.17) is 5.26 Å². The molecule has 1 aliphatic heterocycles. The molecular weight excluding hydrogens is 506 g/mol. The van der Waals surface area contributed by atoms with E-state index < -0.39 is 34.6 Å². The molecule has 4 rings (SSSR count). The molecule has 3 heterocycles. The van der Waals surface area contributed by atoms with Gasteiger partial charge in [-0.2, -0.15) is 18.4 Å². The van der Waals surface area contributed by atoms with Crippen LogP contribution in [0.2, 0.25) is 0 Å². The zero-order valence-electron chi connectivity index (χ0n) is 20.6. The van der Waals surface area contributed by atoms with Gasteiger partial charge >= 0.3 is 6.18 Å². The number of nitrogens with one attached hydrogen (secondary N) is 2. The first-order valence-electron chi connectivity index (χ1n) is 11.5. The number of pyridine rings is 1. The second kappa shape index (κ2) is 10.2. The first-order valence-corrected chi connectivity index (χ1v) is 11.5. The number of amides is 1. The maximum atomic E-state index is 15.4. The van der Waals surface area contributed by atoms with Crippen LogP contribution in [0.4, 0.5) is 28.9 Å². The fourth-order valence-electron chi connectivity index (χ4n) is 4.37. The van der Waals surface area contributed by atoms with Gasteiger partial charge in [0.1, 0.15) is 11.9 Å². The molecule has 2 N–H and O–H groups in total. The fourth-order valence-corrected chi connectivity index (χ4v) is 4.37. The standard InChI is InChI=1S/C25H23F4N7O2/c1-13-11-36(12-14(2)35(13)3)21-8-18(26)15(19-4-5-31-22(9-30)33-19)6-20(21)34-24(38)16-10-32-23(37)7-17(16)25(27,28)29/h4-8,10,13-14H,11-12H2,1-3H3,(H,32,37)(H,34,38)/t13-,14+. The highest BCUT2D eigenvalue weighted by molar-refractivity contribution is 6.07. The molecule has 1 saturated heterocycles. The van der Waals surface area contributed by atoms with E-state index >= 15 is 4.39 Å². The number of carbonyl (C=O) groups excluding carboxylic acids is 1. The highest BCUT2D eigenvalue weighted by Crippen LogP contribution is 2.36. The molecule has 0 unspecified atom stereocenters. The maximum absolute atomic E-state index is 15.4. The summed E-state index contributed by atoms with van der Waals surface area (Å²) < 4.78 is 56.2. The van der Waals surface area contributed by atoms with E-state index in [9.17, 15) is 22.8 Å². The van der Waals surface area contributed by atoms with Crippen molar-refractivity contribution < 1.29 is 22.4 Å². The molecule has 0 bridgehead atoms. The lowest BCUT2D eigenvalue weighted by Gasteiger charge is -2.44. The molecule has 1 fully saturated rings. The van der Waals surface area contributed by atoms with Crippen molar-refractivity contribution in [2.45, 2.75) is 32.1 Å². The number of carbonyl (C=O) groups is 1. The van der Waals surface area contributed by atoms with Gasteiger partial charge in [0, 0.05) is 49.2 Å². The van der Waals surface area contributed by atoms with Crippen LogP contribution < -0.4 is 15.8 Å². The first-order chi connectivity index (χ1) is 17.9. The number of H-pyrrole nitrogens is 1. The lowest BCUT2D eigenvalue weighted by atomic mass is 10.0. The summed E-state index contributed by atoms with van der Waals surface area (Å²) >= 11 is 0. The average molecular weight is 529 g/mol. The van der Waals surface area contributed by atoms with Crippen molar-refractivity contribution in [1.82, 2.24) is 19.9 Å². The molecule has 38 heavy (non-hydrogen) atoms. The molecular formula is C25H23F4N7O2. The third kappa shape index (κ3) is 5.35. The summed E-state index contributed by atoms with van der Waals surface area (Å²) in [4.78, 5) is 38.5. The van der Waals surface area contributed by atoms with E-state index in [1.54, 1.807) is 6.07 Å². The largest absolute Gasteiger partial charge is 0.417 e. The summed E-state index contributed by atoms with van der Waals surface area (Å²) in [5.74, 6) is -2.07. The van der Waals surface area contributed by atoms with E-state index in [0.717, 1.165) is 0 Å². The zero-order chi connectivity index (χ0) is 27.8. The summed E-state index contributed by atoms with van der Waals surface area (Å²) in [5.41, 5.74) is -2.96. The Morgan fingerprint density at radius 3 is 2.53 bits per heavy atom. The molecule has 13 heteroatoms. The van der Waals surface area contributed by atoms with Crippen LogP contribution in [0.5, 0.6) is 0 Å². The molecule has 2 atom stereocenters. The number of nitriles is 1. The lowest BCUT2D eigenvalue weighted by molar-refractivity contribution is -0.138. The van der Waals surface area contributed by atoms with Crippen molar-refractivity contribution in [3.8, 4) is 17.3 Å². The average Bonchev–Trinajstić information content (AvgIpc) is 2.87. The summed E-state index contributed by atoms with van der Waals surface area (Å²) in [6.45, 7) is 4.87. The summed E-state index contributed by atoms with van der Waals surface area (Å²) in [6.07, 6.45) is -3.00. The molecule has 2 aromatic heterocycles. The number of anilines is 2. The summed E-state index contributed by atoms with van der Waals surface area (Å²) in [7, 11) is 1.95. The van der Waals surface area contributed by atoms with Gasteiger partial charge in [-0.15, -0.1) is 0 Å². The molecule has 0 saturated carbocycles. The number of hydrogen-bond acceptors (Lipinski definition) is 7. The van der Waals surface area contributed by atoms with Crippen molar-refractivity contribution in [1.29, 1.82) is 5.26 Å². The van der Waals surface area contributed by atoms with Gasteiger partial charge in [-0.05, 0) is 39.1 Å². The second-order valence-electron chi connectivity index (χ2n) is 9.07. The van der Waals surface area contributed by atoms with E-state index in [-0.39, 0.29) is 40.5 Å². The molecule has 0 aliphatic carbocycles. The molecule has 198 valence electrons. The predicted octanol–water partition coefficient (Wildman–Crippen LogP) is 3.64. The van der Waals surface area contributed by atoms with Gasteiger partial charge < -0.3 is 15.2 Å². The van der Waals surface area contributed by atoms with Crippen molar-refractivity contribution in [3.63, 3.8) is 0 Å². The van der Waals surface area contributed by atoms with E-state index in [0.29, 0.717) is 25.4 Å². The highest BCUT2D eigenvalue weighted by atomic mass is 19.4. The Morgan fingerprint density at radius 2 is 1.89 bits per heavy atom. The Morgan fingerprint density at radius 1 is 1.21 bits per heavy atom. The number of benzene rings is 1. The number of aromatic nitrogens is 3. The third-order valence-corrected chi connectivity index (χ3v) is 6.54. The van der Waals surface area contributed by atoms with Crippen LogP contribution in [0.3, 0.4) is 0 Å². The molecule has 1 amide bonds. The molecule has 3 aromatic rings. The predicted molar refractivity (Wildman–Crippen MR) is 131 cm³/mol. The van der Waals surface area contributed by atoms with Gasteiger partial charge in [-0.3, -0.25) is 14.5 Å². The number of aromatic amines is 1. The Hall–Kier alpha value is -4.31. The fraction of sp³-hybridized carbons (Fsp3) is 0.320. The number of alkyl halides is 3. The number of likely N-dealkylation sites (N-methyl/N-ethyl adjacent to an activating group) is 1. The molecule has 0 radical (unpaired) electrons. The number of rotatable bonds is 4.